The van der Waals surface area contributed by atoms with E-state index < -0.39 is 10.0 Å². The molecular formula is C17H16N2O4S. The number of hydrogen-bond acceptors (Lipinski definition) is 4. The molecule has 0 aromatic heterocycles. The average molecular weight is 344 g/mol. The molecular weight excluding hydrogens is 328 g/mol. The molecule has 0 saturated heterocycles. The highest BCUT2D eigenvalue weighted by molar-refractivity contribution is 7.92. The molecule has 0 fully saturated rings. The van der Waals surface area contributed by atoms with Crippen LogP contribution in [0.5, 0.6) is 5.75 Å². The predicted octanol–water partition coefficient (Wildman–Crippen LogP) is 2.08. The van der Waals surface area contributed by atoms with E-state index >= 15 is 0 Å². The summed E-state index contributed by atoms with van der Waals surface area (Å²) in [7, 11) is -3.72. The molecule has 1 amide bonds. The van der Waals surface area contributed by atoms with Crippen LogP contribution in [0.15, 0.2) is 41.3 Å². The van der Waals surface area contributed by atoms with E-state index in [4.69, 9.17) is 4.74 Å². The maximum atomic E-state index is 13.1. The molecule has 1 N–H and O–H groups in total. The lowest BCUT2D eigenvalue weighted by molar-refractivity contribution is -0.115. The lowest BCUT2D eigenvalue weighted by atomic mass is 10.2. The van der Waals surface area contributed by atoms with Crippen LogP contribution in [0.25, 0.3) is 0 Å². The largest absolute Gasteiger partial charge is 0.489 e. The third-order valence-electron chi connectivity index (χ3n) is 4.22. The van der Waals surface area contributed by atoms with Gasteiger partial charge in [-0.2, -0.15) is 0 Å². The van der Waals surface area contributed by atoms with E-state index in [1.54, 1.807) is 18.2 Å². The third-order valence-corrected chi connectivity index (χ3v) is 6.03. The standard InChI is InChI=1S/C17H16N2O4S/c1-11-2-5-16-15(8-11)19(6-7-23-16)24(21,22)13-3-4-14-12(9-13)10-17(20)18-14/h2-5,8-9H,6-7,10H2,1H3,(H,18,20). The first-order chi connectivity index (χ1) is 11.4. The first kappa shape index (κ1) is 15.0. The van der Waals surface area contributed by atoms with Crippen LogP contribution >= 0.6 is 0 Å². The summed E-state index contributed by atoms with van der Waals surface area (Å²) in [5.41, 5.74) is 2.90. The summed E-state index contributed by atoms with van der Waals surface area (Å²) >= 11 is 0. The lowest BCUT2D eigenvalue weighted by Crippen LogP contribution is -2.38. The number of aryl methyl sites for hydroxylation is 1. The Hall–Kier alpha value is -2.54. The number of fused-ring (bicyclic) bond motifs is 2. The SMILES string of the molecule is Cc1ccc2c(c1)N(S(=O)(=O)c1ccc3c(c1)CC(=O)N3)CCO2. The fourth-order valence-electron chi connectivity index (χ4n) is 3.05. The molecule has 0 spiro atoms. The predicted molar refractivity (Wildman–Crippen MR) is 90.0 cm³/mol. The molecule has 0 atom stereocenters. The van der Waals surface area contributed by atoms with Crippen LogP contribution in [0.1, 0.15) is 11.1 Å². The van der Waals surface area contributed by atoms with Gasteiger partial charge >= 0.3 is 0 Å². The second kappa shape index (κ2) is 5.24. The number of carbonyl (C=O) groups excluding carboxylic acids is 1. The van der Waals surface area contributed by atoms with E-state index in [2.05, 4.69) is 5.32 Å². The summed E-state index contributed by atoms with van der Waals surface area (Å²) in [5, 5.41) is 2.71. The number of nitrogens with one attached hydrogen (secondary N) is 1. The highest BCUT2D eigenvalue weighted by Crippen LogP contribution is 2.36. The van der Waals surface area contributed by atoms with Crippen molar-refractivity contribution in [2.24, 2.45) is 0 Å². The van der Waals surface area contributed by atoms with Crippen LogP contribution in [0.4, 0.5) is 11.4 Å². The number of hydrogen-bond donors (Lipinski definition) is 1. The summed E-state index contributed by atoms with van der Waals surface area (Å²) < 4.78 is 33.2. The minimum atomic E-state index is -3.72. The number of sulfonamides is 1. The highest BCUT2D eigenvalue weighted by Gasteiger charge is 2.31. The molecule has 6 nitrogen and oxygen atoms in total. The number of carbonyl (C=O) groups is 1. The second-order valence-corrected chi connectivity index (χ2v) is 7.80. The molecule has 24 heavy (non-hydrogen) atoms. The summed E-state index contributed by atoms with van der Waals surface area (Å²) in [6.07, 6.45) is 0.206. The quantitative estimate of drug-likeness (QED) is 0.905. The molecule has 4 rings (SSSR count). The Balaban J connectivity index is 1.79. The van der Waals surface area contributed by atoms with Gasteiger partial charge in [-0.1, -0.05) is 6.07 Å². The van der Waals surface area contributed by atoms with Crippen molar-refractivity contribution in [1.29, 1.82) is 0 Å². The topological polar surface area (TPSA) is 75.7 Å². The van der Waals surface area contributed by atoms with Crippen LogP contribution in [-0.2, 0) is 21.2 Å². The molecule has 0 saturated carbocycles. The Morgan fingerprint density at radius 2 is 2.00 bits per heavy atom. The number of ether oxygens (including phenoxy) is 1. The Bertz CT molecular complexity index is 953. The molecule has 2 heterocycles. The summed E-state index contributed by atoms with van der Waals surface area (Å²) in [6, 6.07) is 10.2. The van der Waals surface area contributed by atoms with Crippen LogP contribution in [0, 0.1) is 6.92 Å². The van der Waals surface area contributed by atoms with Crippen molar-refractivity contribution in [3.05, 3.63) is 47.5 Å². The van der Waals surface area contributed by atoms with Gasteiger partial charge < -0.3 is 10.1 Å². The van der Waals surface area contributed by atoms with E-state index in [1.165, 1.54) is 10.4 Å². The Labute approximate surface area is 140 Å². The van der Waals surface area contributed by atoms with Crippen LogP contribution in [-0.4, -0.2) is 27.5 Å². The van der Waals surface area contributed by atoms with E-state index in [-0.39, 0.29) is 23.8 Å². The Kier molecular flexibility index (Phi) is 3.28. The molecule has 2 aliphatic heterocycles. The van der Waals surface area contributed by atoms with Crippen molar-refractivity contribution in [1.82, 2.24) is 0 Å². The third kappa shape index (κ3) is 2.32. The van der Waals surface area contributed by atoms with Crippen molar-refractivity contribution < 1.29 is 17.9 Å². The smallest absolute Gasteiger partial charge is 0.264 e. The number of rotatable bonds is 2. The number of nitrogens with zero attached hydrogens (tertiary/aromatic N) is 1. The molecule has 2 aliphatic rings. The second-order valence-electron chi connectivity index (χ2n) is 5.94. The van der Waals surface area contributed by atoms with Gasteiger partial charge in [0.05, 0.1) is 23.5 Å². The fraction of sp³-hybridized carbons (Fsp3) is 0.235. The van der Waals surface area contributed by atoms with E-state index in [0.29, 0.717) is 29.3 Å². The summed E-state index contributed by atoms with van der Waals surface area (Å²) in [6.45, 7) is 2.47. The van der Waals surface area contributed by atoms with Gasteiger partial charge in [0.25, 0.3) is 10.0 Å². The van der Waals surface area contributed by atoms with Gasteiger partial charge in [-0.15, -0.1) is 0 Å². The summed E-state index contributed by atoms with van der Waals surface area (Å²) in [4.78, 5) is 11.7. The fourth-order valence-corrected chi connectivity index (χ4v) is 4.55. The first-order valence-corrected chi connectivity index (χ1v) is 9.08. The molecule has 2 aromatic carbocycles. The van der Waals surface area contributed by atoms with Gasteiger partial charge in [0.15, 0.2) is 0 Å². The van der Waals surface area contributed by atoms with Crippen molar-refractivity contribution in [2.45, 2.75) is 18.2 Å². The first-order valence-electron chi connectivity index (χ1n) is 7.64. The minimum absolute atomic E-state index is 0.119. The van der Waals surface area contributed by atoms with E-state index in [9.17, 15) is 13.2 Å². The lowest BCUT2D eigenvalue weighted by Gasteiger charge is -2.30. The zero-order valence-electron chi connectivity index (χ0n) is 13.1. The molecule has 0 radical (unpaired) electrons. The maximum absolute atomic E-state index is 13.1. The van der Waals surface area contributed by atoms with Gasteiger partial charge in [-0.3, -0.25) is 9.10 Å². The molecule has 7 heteroatoms. The number of benzene rings is 2. The van der Waals surface area contributed by atoms with Crippen molar-refractivity contribution in [3.8, 4) is 5.75 Å². The zero-order valence-corrected chi connectivity index (χ0v) is 13.9. The molecule has 0 bridgehead atoms. The van der Waals surface area contributed by atoms with Gasteiger partial charge in [-0.05, 0) is 48.4 Å². The molecule has 124 valence electrons. The van der Waals surface area contributed by atoms with Gasteiger partial charge in [-0.25, -0.2) is 8.42 Å². The zero-order chi connectivity index (χ0) is 16.9. The minimum Gasteiger partial charge on any atom is -0.489 e. The van der Waals surface area contributed by atoms with Crippen LogP contribution in [0.2, 0.25) is 0 Å². The van der Waals surface area contributed by atoms with Crippen molar-refractivity contribution >= 4 is 27.3 Å². The van der Waals surface area contributed by atoms with Crippen molar-refractivity contribution in [2.75, 3.05) is 22.8 Å². The van der Waals surface area contributed by atoms with Crippen LogP contribution < -0.4 is 14.4 Å². The van der Waals surface area contributed by atoms with Gasteiger partial charge in [0, 0.05) is 5.69 Å². The Morgan fingerprint density at radius 3 is 2.83 bits per heavy atom. The van der Waals surface area contributed by atoms with Crippen LogP contribution in [0.3, 0.4) is 0 Å². The summed E-state index contributed by atoms with van der Waals surface area (Å²) in [5.74, 6) is 0.445. The number of anilines is 2. The normalized spacial score (nSPS) is 16.2. The molecule has 0 aliphatic carbocycles. The Morgan fingerprint density at radius 1 is 1.17 bits per heavy atom. The molecule has 2 aromatic rings. The van der Waals surface area contributed by atoms with E-state index in [1.807, 2.05) is 19.1 Å². The monoisotopic (exact) mass is 344 g/mol. The molecule has 0 unspecified atom stereocenters. The van der Waals surface area contributed by atoms with E-state index in [0.717, 1.165) is 5.56 Å². The van der Waals surface area contributed by atoms with Gasteiger partial charge in [0.2, 0.25) is 5.91 Å². The highest BCUT2D eigenvalue weighted by atomic mass is 32.2. The van der Waals surface area contributed by atoms with Gasteiger partial charge in [0.1, 0.15) is 12.4 Å². The maximum Gasteiger partial charge on any atom is 0.264 e. The van der Waals surface area contributed by atoms with Crippen molar-refractivity contribution in [3.63, 3.8) is 0 Å². The average Bonchev–Trinajstić information content (AvgIpc) is 2.93. The number of amides is 1.